The Bertz CT molecular complexity index is 463. The van der Waals surface area contributed by atoms with Crippen molar-refractivity contribution < 1.29 is 0 Å². The van der Waals surface area contributed by atoms with Crippen LogP contribution in [0.5, 0.6) is 0 Å². The van der Waals surface area contributed by atoms with Crippen LogP contribution < -0.4 is 17.0 Å². The van der Waals surface area contributed by atoms with Crippen LogP contribution in [-0.4, -0.2) is 16.1 Å². The number of nitrogens with one attached hydrogen (secondary N) is 1. The molecule has 2 unspecified atom stereocenters. The summed E-state index contributed by atoms with van der Waals surface area (Å²) in [6.07, 6.45) is 5.91. The molecule has 1 aliphatic rings. The fourth-order valence-electron chi connectivity index (χ4n) is 2.52. The van der Waals surface area contributed by atoms with E-state index in [4.69, 9.17) is 5.73 Å². The summed E-state index contributed by atoms with van der Waals surface area (Å²) in [6.45, 7) is 0.593. The van der Waals surface area contributed by atoms with E-state index >= 15 is 0 Å². The van der Waals surface area contributed by atoms with Crippen molar-refractivity contribution in [2.45, 2.75) is 31.7 Å². The lowest BCUT2D eigenvalue weighted by Gasteiger charge is -2.31. The largest absolute Gasteiger partial charge is 0.330 e. The molecule has 3 N–H and O–H groups in total. The lowest BCUT2D eigenvalue weighted by molar-refractivity contribution is 0.238. The first kappa shape index (κ1) is 11.1. The topological polar surface area (TPSA) is 80.9 Å². The van der Waals surface area contributed by atoms with Gasteiger partial charge in [0.25, 0.3) is 5.56 Å². The predicted molar refractivity (Wildman–Crippen MR) is 61.4 cm³/mol. The molecule has 2 atom stereocenters. The van der Waals surface area contributed by atoms with Crippen molar-refractivity contribution in [1.82, 2.24) is 9.55 Å². The van der Waals surface area contributed by atoms with Crippen molar-refractivity contribution in [3.8, 4) is 0 Å². The summed E-state index contributed by atoms with van der Waals surface area (Å²) in [6, 6.07) is 1.53. The molecule has 0 saturated heterocycles. The van der Waals surface area contributed by atoms with E-state index in [-0.39, 0.29) is 17.3 Å². The first-order chi connectivity index (χ1) is 7.72. The Morgan fingerprint density at radius 2 is 2.12 bits per heavy atom. The van der Waals surface area contributed by atoms with Crippen LogP contribution in [0.25, 0.3) is 0 Å². The monoisotopic (exact) mass is 223 g/mol. The Morgan fingerprint density at radius 3 is 2.81 bits per heavy atom. The molecule has 5 nitrogen and oxygen atoms in total. The lowest BCUT2D eigenvalue weighted by Crippen LogP contribution is -2.37. The summed E-state index contributed by atoms with van der Waals surface area (Å²) in [5, 5.41) is 0. The number of nitrogens with zero attached hydrogens (tertiary/aromatic N) is 1. The molecule has 0 spiro atoms. The summed E-state index contributed by atoms with van der Waals surface area (Å²) < 4.78 is 1.62. The molecule has 2 rings (SSSR count). The minimum Gasteiger partial charge on any atom is -0.330 e. The molecule has 0 bridgehead atoms. The summed E-state index contributed by atoms with van der Waals surface area (Å²) in [4.78, 5) is 24.9. The summed E-state index contributed by atoms with van der Waals surface area (Å²) in [7, 11) is 0. The highest BCUT2D eigenvalue weighted by molar-refractivity contribution is 4.89. The van der Waals surface area contributed by atoms with Gasteiger partial charge in [-0.05, 0) is 25.3 Å². The predicted octanol–water partition coefficient (Wildman–Crippen LogP) is 0.227. The van der Waals surface area contributed by atoms with Crippen molar-refractivity contribution in [3.05, 3.63) is 33.1 Å². The van der Waals surface area contributed by atoms with E-state index in [1.54, 1.807) is 10.8 Å². The molecule has 1 saturated carbocycles. The van der Waals surface area contributed by atoms with Gasteiger partial charge in [-0.1, -0.05) is 12.8 Å². The van der Waals surface area contributed by atoms with Gasteiger partial charge in [0.05, 0.1) is 0 Å². The highest BCUT2D eigenvalue weighted by Gasteiger charge is 2.25. The van der Waals surface area contributed by atoms with Crippen molar-refractivity contribution in [2.24, 2.45) is 11.7 Å². The van der Waals surface area contributed by atoms with Crippen molar-refractivity contribution in [1.29, 1.82) is 0 Å². The van der Waals surface area contributed by atoms with Crippen molar-refractivity contribution in [3.63, 3.8) is 0 Å². The second-order valence-electron chi connectivity index (χ2n) is 4.36. The van der Waals surface area contributed by atoms with E-state index in [0.29, 0.717) is 12.5 Å². The fourth-order valence-corrected chi connectivity index (χ4v) is 2.52. The van der Waals surface area contributed by atoms with Crippen LogP contribution in [0.1, 0.15) is 31.7 Å². The summed E-state index contributed by atoms with van der Waals surface area (Å²) in [5.74, 6) is 0.345. The van der Waals surface area contributed by atoms with Crippen LogP contribution in [-0.2, 0) is 0 Å². The standard InChI is InChI=1S/C11H17N3O2/c12-7-8-3-1-2-4-9(8)14-6-5-10(15)13-11(14)16/h5-6,8-9H,1-4,7,12H2,(H,13,15,16). The van der Waals surface area contributed by atoms with Crippen LogP contribution in [0.2, 0.25) is 0 Å². The molecular formula is C11H17N3O2. The van der Waals surface area contributed by atoms with Gasteiger partial charge < -0.3 is 5.73 Å². The molecule has 1 aliphatic carbocycles. The van der Waals surface area contributed by atoms with Crippen LogP contribution in [0.15, 0.2) is 21.9 Å². The van der Waals surface area contributed by atoms with E-state index in [0.717, 1.165) is 19.3 Å². The first-order valence-electron chi connectivity index (χ1n) is 5.74. The number of aromatic nitrogens is 2. The highest BCUT2D eigenvalue weighted by Crippen LogP contribution is 2.31. The number of H-pyrrole nitrogens is 1. The maximum atomic E-state index is 11.7. The molecule has 0 amide bonds. The molecule has 1 aromatic heterocycles. The van der Waals surface area contributed by atoms with Crippen LogP contribution in [0, 0.1) is 5.92 Å². The second-order valence-corrected chi connectivity index (χ2v) is 4.36. The number of hydrogen-bond acceptors (Lipinski definition) is 3. The Balaban J connectivity index is 2.34. The van der Waals surface area contributed by atoms with E-state index in [2.05, 4.69) is 4.98 Å². The van der Waals surface area contributed by atoms with Crippen molar-refractivity contribution >= 4 is 0 Å². The van der Waals surface area contributed by atoms with Gasteiger partial charge in [-0.3, -0.25) is 14.3 Å². The average molecular weight is 223 g/mol. The van der Waals surface area contributed by atoms with E-state index in [9.17, 15) is 9.59 Å². The fraction of sp³-hybridized carbons (Fsp3) is 0.636. The molecule has 0 radical (unpaired) electrons. The van der Waals surface area contributed by atoms with E-state index in [1.165, 1.54) is 12.5 Å². The minimum absolute atomic E-state index is 0.142. The average Bonchev–Trinajstić information content (AvgIpc) is 2.29. The van der Waals surface area contributed by atoms with Crippen LogP contribution in [0.4, 0.5) is 0 Å². The van der Waals surface area contributed by atoms with Gasteiger partial charge in [0.15, 0.2) is 0 Å². The summed E-state index contributed by atoms with van der Waals surface area (Å²) >= 11 is 0. The zero-order chi connectivity index (χ0) is 11.5. The molecule has 0 aromatic carbocycles. The second kappa shape index (κ2) is 4.65. The van der Waals surface area contributed by atoms with Gasteiger partial charge in [0.2, 0.25) is 0 Å². The van der Waals surface area contributed by atoms with Gasteiger partial charge in [-0.25, -0.2) is 4.79 Å². The molecule has 1 fully saturated rings. The maximum Gasteiger partial charge on any atom is 0.328 e. The lowest BCUT2D eigenvalue weighted by atomic mass is 9.84. The minimum atomic E-state index is -0.346. The zero-order valence-corrected chi connectivity index (χ0v) is 9.19. The third-order valence-corrected chi connectivity index (χ3v) is 3.38. The van der Waals surface area contributed by atoms with Gasteiger partial charge in [-0.2, -0.15) is 0 Å². The molecule has 0 aliphatic heterocycles. The Morgan fingerprint density at radius 1 is 1.38 bits per heavy atom. The number of rotatable bonds is 2. The van der Waals surface area contributed by atoms with Gasteiger partial charge in [0, 0.05) is 18.3 Å². The normalized spacial score (nSPS) is 25.6. The maximum absolute atomic E-state index is 11.7. The van der Waals surface area contributed by atoms with Crippen molar-refractivity contribution in [2.75, 3.05) is 6.54 Å². The Hall–Kier alpha value is -1.36. The molecule has 1 aromatic rings. The van der Waals surface area contributed by atoms with Gasteiger partial charge in [0.1, 0.15) is 0 Å². The smallest absolute Gasteiger partial charge is 0.328 e. The number of nitrogens with two attached hydrogens (primary N) is 1. The van der Waals surface area contributed by atoms with Crippen LogP contribution >= 0.6 is 0 Å². The first-order valence-corrected chi connectivity index (χ1v) is 5.74. The quantitative estimate of drug-likeness (QED) is 0.753. The summed E-state index contributed by atoms with van der Waals surface area (Å²) in [5.41, 5.74) is 5.06. The SMILES string of the molecule is NCC1CCCCC1n1ccc(=O)[nH]c1=O. The van der Waals surface area contributed by atoms with Gasteiger partial charge >= 0.3 is 5.69 Å². The van der Waals surface area contributed by atoms with E-state index in [1.807, 2.05) is 0 Å². The Kier molecular flexibility index (Phi) is 3.24. The molecule has 5 heteroatoms. The molecular weight excluding hydrogens is 206 g/mol. The third kappa shape index (κ3) is 2.09. The van der Waals surface area contributed by atoms with Crippen LogP contribution in [0.3, 0.4) is 0 Å². The number of hydrogen-bond donors (Lipinski definition) is 2. The molecule has 16 heavy (non-hydrogen) atoms. The zero-order valence-electron chi connectivity index (χ0n) is 9.19. The third-order valence-electron chi connectivity index (χ3n) is 3.38. The Labute approximate surface area is 93.3 Å². The highest BCUT2D eigenvalue weighted by atomic mass is 16.2. The van der Waals surface area contributed by atoms with Gasteiger partial charge in [-0.15, -0.1) is 0 Å². The van der Waals surface area contributed by atoms with E-state index < -0.39 is 0 Å². The molecule has 88 valence electrons. The number of aromatic amines is 1. The molecule has 1 heterocycles.